The van der Waals surface area contributed by atoms with Crippen molar-refractivity contribution in [2.24, 2.45) is 5.92 Å². The summed E-state index contributed by atoms with van der Waals surface area (Å²) in [7, 11) is 0. The lowest BCUT2D eigenvalue weighted by molar-refractivity contribution is 0.429. The fourth-order valence-corrected chi connectivity index (χ4v) is 5.66. The van der Waals surface area contributed by atoms with Crippen molar-refractivity contribution in [3.05, 3.63) is 100 Å². The Kier molecular flexibility index (Phi) is 3.91. The predicted molar refractivity (Wildman–Crippen MR) is 124 cm³/mol. The van der Waals surface area contributed by atoms with Gasteiger partial charge in [-0.2, -0.15) is 0 Å². The van der Waals surface area contributed by atoms with Crippen molar-refractivity contribution < 1.29 is 0 Å². The molecule has 2 aliphatic rings. The molecule has 0 spiro atoms. The molecule has 0 fully saturated rings. The molecule has 4 aromatic rings. The molecule has 29 heavy (non-hydrogen) atoms. The minimum atomic E-state index is 0.162. The van der Waals surface area contributed by atoms with Crippen LogP contribution in [0.1, 0.15) is 29.5 Å². The Balaban J connectivity index is 1.66. The standard InChI is InChI=1S/C26H19Cl2N/c27-22-13-12-21-19-10-5-11-20(19)25(29-26(21)24(22)28)23-17-8-3-1-6-15(17)14-16-7-2-4-9-18(16)23/h1-10,12-14,19-20,25,29H,11H2. The number of hydrogen-bond acceptors (Lipinski definition) is 1. The van der Waals surface area contributed by atoms with Gasteiger partial charge in [-0.05, 0) is 57.1 Å². The van der Waals surface area contributed by atoms with Gasteiger partial charge in [-0.15, -0.1) is 0 Å². The molecule has 1 heterocycles. The first-order chi connectivity index (χ1) is 14.2. The lowest BCUT2D eigenvalue weighted by Crippen LogP contribution is -2.29. The van der Waals surface area contributed by atoms with E-state index in [2.05, 4.69) is 78.1 Å². The molecule has 3 unspecified atom stereocenters. The molecule has 0 amide bonds. The number of allylic oxidation sites excluding steroid dienone is 2. The quantitative estimate of drug-likeness (QED) is 0.244. The summed E-state index contributed by atoms with van der Waals surface area (Å²) in [5.41, 5.74) is 3.59. The summed E-state index contributed by atoms with van der Waals surface area (Å²) in [6.07, 6.45) is 5.71. The zero-order valence-corrected chi connectivity index (χ0v) is 17.2. The lowest BCUT2D eigenvalue weighted by atomic mass is 9.75. The van der Waals surface area contributed by atoms with Crippen molar-refractivity contribution in [3.8, 4) is 0 Å². The Hall–Kier alpha value is -2.48. The van der Waals surface area contributed by atoms with E-state index in [4.69, 9.17) is 23.2 Å². The second-order valence-electron chi connectivity index (χ2n) is 8.03. The summed E-state index contributed by atoms with van der Waals surface area (Å²) < 4.78 is 0. The van der Waals surface area contributed by atoms with Crippen LogP contribution in [0.4, 0.5) is 5.69 Å². The van der Waals surface area contributed by atoms with E-state index in [1.807, 2.05) is 6.07 Å². The van der Waals surface area contributed by atoms with Crippen LogP contribution in [0, 0.1) is 5.92 Å². The molecule has 0 saturated carbocycles. The fourth-order valence-electron chi connectivity index (χ4n) is 5.27. The molecule has 0 radical (unpaired) electrons. The van der Waals surface area contributed by atoms with E-state index in [-0.39, 0.29) is 6.04 Å². The minimum absolute atomic E-state index is 0.162. The molecule has 0 bridgehead atoms. The van der Waals surface area contributed by atoms with Crippen molar-refractivity contribution in [1.82, 2.24) is 0 Å². The number of halogens is 2. The molecule has 1 aliphatic heterocycles. The largest absolute Gasteiger partial charge is 0.376 e. The molecule has 3 atom stereocenters. The van der Waals surface area contributed by atoms with E-state index in [0.29, 0.717) is 21.9 Å². The number of nitrogens with one attached hydrogen (secondary N) is 1. The van der Waals surface area contributed by atoms with E-state index in [1.54, 1.807) is 0 Å². The van der Waals surface area contributed by atoms with Crippen LogP contribution in [0.2, 0.25) is 10.0 Å². The van der Waals surface area contributed by atoms with Gasteiger partial charge in [-0.3, -0.25) is 0 Å². The number of rotatable bonds is 1. The van der Waals surface area contributed by atoms with Crippen LogP contribution in [0.15, 0.2) is 78.9 Å². The van der Waals surface area contributed by atoms with Gasteiger partial charge in [0.2, 0.25) is 0 Å². The van der Waals surface area contributed by atoms with Crippen LogP contribution in [0.5, 0.6) is 0 Å². The van der Waals surface area contributed by atoms with Gasteiger partial charge in [0.1, 0.15) is 0 Å². The Labute approximate surface area is 179 Å². The average molecular weight is 416 g/mol. The number of anilines is 1. The highest BCUT2D eigenvalue weighted by molar-refractivity contribution is 6.43. The van der Waals surface area contributed by atoms with Gasteiger partial charge in [0.05, 0.1) is 21.8 Å². The van der Waals surface area contributed by atoms with E-state index in [1.165, 1.54) is 32.7 Å². The molecule has 6 rings (SSSR count). The van der Waals surface area contributed by atoms with E-state index in [9.17, 15) is 0 Å². The second kappa shape index (κ2) is 6.52. The van der Waals surface area contributed by atoms with Gasteiger partial charge >= 0.3 is 0 Å². The van der Waals surface area contributed by atoms with Crippen LogP contribution in [0.25, 0.3) is 21.5 Å². The first-order valence-electron chi connectivity index (χ1n) is 10.0. The summed E-state index contributed by atoms with van der Waals surface area (Å²) in [5, 5.41) is 10.2. The van der Waals surface area contributed by atoms with Gasteiger partial charge in [0.25, 0.3) is 0 Å². The Morgan fingerprint density at radius 3 is 2.24 bits per heavy atom. The van der Waals surface area contributed by atoms with Crippen molar-refractivity contribution in [1.29, 1.82) is 0 Å². The van der Waals surface area contributed by atoms with Gasteiger partial charge < -0.3 is 5.32 Å². The molecular formula is C26H19Cl2N. The van der Waals surface area contributed by atoms with Crippen LogP contribution < -0.4 is 5.32 Å². The molecule has 1 nitrogen and oxygen atoms in total. The zero-order chi connectivity index (χ0) is 19.5. The van der Waals surface area contributed by atoms with Crippen LogP contribution >= 0.6 is 23.2 Å². The zero-order valence-electron chi connectivity index (χ0n) is 15.7. The lowest BCUT2D eigenvalue weighted by Gasteiger charge is -2.39. The van der Waals surface area contributed by atoms with Gasteiger partial charge in [0.15, 0.2) is 0 Å². The molecule has 1 aliphatic carbocycles. The third-order valence-corrected chi connectivity index (χ3v) is 7.36. The smallest absolute Gasteiger partial charge is 0.0826 e. The summed E-state index contributed by atoms with van der Waals surface area (Å²) in [6, 6.07) is 23.9. The monoisotopic (exact) mass is 415 g/mol. The van der Waals surface area contributed by atoms with Gasteiger partial charge in [-0.25, -0.2) is 0 Å². The Bertz CT molecular complexity index is 1250. The van der Waals surface area contributed by atoms with Crippen LogP contribution in [0.3, 0.4) is 0 Å². The Morgan fingerprint density at radius 1 is 0.828 bits per heavy atom. The summed E-state index contributed by atoms with van der Waals surface area (Å²) in [6.45, 7) is 0. The highest BCUT2D eigenvalue weighted by atomic mass is 35.5. The second-order valence-corrected chi connectivity index (χ2v) is 8.82. The average Bonchev–Trinajstić information content (AvgIpc) is 3.24. The molecule has 4 aromatic carbocycles. The number of benzene rings is 4. The number of hydrogen-bond donors (Lipinski definition) is 1. The van der Waals surface area contributed by atoms with Crippen molar-refractivity contribution in [2.75, 3.05) is 5.32 Å². The molecule has 142 valence electrons. The summed E-state index contributed by atoms with van der Waals surface area (Å²) >= 11 is 13.1. The predicted octanol–water partition coefficient (Wildman–Crippen LogP) is 8.13. The minimum Gasteiger partial charge on any atom is -0.376 e. The molecule has 1 N–H and O–H groups in total. The maximum Gasteiger partial charge on any atom is 0.0826 e. The van der Waals surface area contributed by atoms with Crippen molar-refractivity contribution in [2.45, 2.75) is 18.4 Å². The maximum atomic E-state index is 6.67. The summed E-state index contributed by atoms with van der Waals surface area (Å²) in [5.74, 6) is 0.803. The number of fused-ring (bicyclic) bond motifs is 5. The first-order valence-corrected chi connectivity index (χ1v) is 10.8. The maximum absolute atomic E-state index is 6.67. The highest BCUT2D eigenvalue weighted by Gasteiger charge is 2.40. The fraction of sp³-hybridized carbons (Fsp3) is 0.154. The van der Waals surface area contributed by atoms with E-state index >= 15 is 0 Å². The third-order valence-electron chi connectivity index (χ3n) is 6.55. The van der Waals surface area contributed by atoms with E-state index in [0.717, 1.165) is 12.1 Å². The topological polar surface area (TPSA) is 12.0 Å². The Morgan fingerprint density at radius 2 is 1.52 bits per heavy atom. The van der Waals surface area contributed by atoms with Gasteiger partial charge in [0, 0.05) is 5.92 Å². The SMILES string of the molecule is Clc1ccc2c(c1Cl)NC(c1c3ccccc3cc3ccccc13)C1CC=CC21. The molecular weight excluding hydrogens is 397 g/mol. The van der Waals surface area contributed by atoms with Crippen molar-refractivity contribution >= 4 is 50.4 Å². The van der Waals surface area contributed by atoms with Crippen LogP contribution in [-0.2, 0) is 0 Å². The molecule has 3 heteroatoms. The van der Waals surface area contributed by atoms with Gasteiger partial charge in [-0.1, -0.05) is 90.0 Å². The highest BCUT2D eigenvalue weighted by Crippen LogP contribution is 2.54. The van der Waals surface area contributed by atoms with Crippen LogP contribution in [-0.4, -0.2) is 0 Å². The summed E-state index contributed by atoms with van der Waals surface area (Å²) in [4.78, 5) is 0. The first kappa shape index (κ1) is 17.4. The third kappa shape index (κ3) is 2.54. The molecule has 0 saturated heterocycles. The normalized spacial score (nSPS) is 22.5. The van der Waals surface area contributed by atoms with Crippen molar-refractivity contribution in [3.63, 3.8) is 0 Å². The molecule has 0 aromatic heterocycles. The van der Waals surface area contributed by atoms with E-state index < -0.39 is 0 Å².